The number of ether oxygens (including phenoxy) is 2. The summed E-state index contributed by atoms with van der Waals surface area (Å²) >= 11 is 0. The van der Waals surface area contributed by atoms with E-state index < -0.39 is 6.10 Å². The molecule has 1 aliphatic heterocycles. The number of carbonyl (C=O) groups excluding carboxylic acids is 1. The van der Waals surface area contributed by atoms with E-state index in [0.29, 0.717) is 25.7 Å². The summed E-state index contributed by atoms with van der Waals surface area (Å²) in [6.07, 6.45) is 1.75. The molecule has 5 nitrogen and oxygen atoms in total. The minimum absolute atomic E-state index is 0. The van der Waals surface area contributed by atoms with Crippen LogP contribution in [0.25, 0.3) is 0 Å². The van der Waals surface area contributed by atoms with Crippen molar-refractivity contribution < 1.29 is 14.3 Å². The van der Waals surface area contributed by atoms with Gasteiger partial charge in [-0.05, 0) is 39.5 Å². The zero-order valence-electron chi connectivity index (χ0n) is 12.8. The number of hydrogen-bond donors (Lipinski definition) is 1. The number of rotatable bonds is 7. The topological polar surface area (TPSA) is 64.8 Å². The van der Waals surface area contributed by atoms with Gasteiger partial charge in [-0.25, -0.2) is 0 Å². The monoisotopic (exact) mass is 308 g/mol. The fourth-order valence-electron chi connectivity index (χ4n) is 2.40. The van der Waals surface area contributed by atoms with Gasteiger partial charge in [0.25, 0.3) is 5.91 Å². The lowest BCUT2D eigenvalue weighted by Gasteiger charge is -2.35. The summed E-state index contributed by atoms with van der Waals surface area (Å²) in [5, 5.41) is 0. The summed E-state index contributed by atoms with van der Waals surface area (Å²) in [4.78, 5) is 14.1. The summed E-state index contributed by atoms with van der Waals surface area (Å²) in [6, 6.07) is 0.143. The van der Waals surface area contributed by atoms with Gasteiger partial charge >= 0.3 is 0 Å². The highest BCUT2D eigenvalue weighted by Crippen LogP contribution is 2.19. The average molecular weight is 309 g/mol. The van der Waals surface area contributed by atoms with Crippen LogP contribution in [0.2, 0.25) is 0 Å². The van der Waals surface area contributed by atoms with Crippen LogP contribution in [0.1, 0.15) is 33.6 Å². The Balaban J connectivity index is 0.00000361. The predicted octanol–water partition coefficient (Wildman–Crippen LogP) is 1.44. The predicted molar refractivity (Wildman–Crippen MR) is 82.1 cm³/mol. The molecule has 1 heterocycles. The second-order valence-electron chi connectivity index (χ2n) is 5.26. The van der Waals surface area contributed by atoms with E-state index in [4.69, 9.17) is 15.2 Å². The number of piperidine rings is 1. The molecule has 0 aromatic carbocycles. The molecule has 0 aliphatic carbocycles. The average Bonchev–Trinajstić information content (AvgIpc) is 2.42. The second kappa shape index (κ2) is 10.4. The van der Waals surface area contributed by atoms with Crippen molar-refractivity contribution in [1.82, 2.24) is 4.90 Å². The lowest BCUT2D eigenvalue weighted by Crippen LogP contribution is -2.48. The Morgan fingerprint density at radius 2 is 2.10 bits per heavy atom. The molecule has 120 valence electrons. The first-order valence-electron chi connectivity index (χ1n) is 7.30. The Morgan fingerprint density at radius 1 is 1.40 bits per heavy atom. The van der Waals surface area contributed by atoms with E-state index in [2.05, 4.69) is 0 Å². The second-order valence-corrected chi connectivity index (χ2v) is 5.26. The number of halogens is 1. The molecule has 0 saturated carbocycles. The van der Waals surface area contributed by atoms with Crippen LogP contribution < -0.4 is 5.73 Å². The van der Waals surface area contributed by atoms with Crippen LogP contribution in [-0.2, 0) is 14.3 Å². The van der Waals surface area contributed by atoms with E-state index >= 15 is 0 Å². The third-order valence-electron chi connectivity index (χ3n) is 3.66. The molecule has 0 radical (unpaired) electrons. The molecule has 3 atom stereocenters. The van der Waals surface area contributed by atoms with Crippen molar-refractivity contribution in [2.75, 3.05) is 32.9 Å². The number of likely N-dealkylation sites (tertiary alicyclic amines) is 1. The van der Waals surface area contributed by atoms with Crippen molar-refractivity contribution in [2.45, 2.75) is 45.8 Å². The fourth-order valence-corrected chi connectivity index (χ4v) is 2.40. The zero-order chi connectivity index (χ0) is 14.3. The molecule has 1 saturated heterocycles. The lowest BCUT2D eigenvalue weighted by atomic mass is 9.92. The Kier molecular flexibility index (Phi) is 10.2. The van der Waals surface area contributed by atoms with Crippen molar-refractivity contribution in [3.05, 3.63) is 0 Å². The van der Waals surface area contributed by atoms with Gasteiger partial charge in [0.2, 0.25) is 0 Å². The Hall–Kier alpha value is -0.360. The largest absolute Gasteiger partial charge is 0.379 e. The van der Waals surface area contributed by atoms with E-state index in [1.807, 2.05) is 25.7 Å². The molecule has 3 unspecified atom stereocenters. The molecule has 0 aromatic rings. The maximum Gasteiger partial charge on any atom is 0.251 e. The van der Waals surface area contributed by atoms with E-state index in [0.717, 1.165) is 25.9 Å². The molecular weight excluding hydrogens is 280 g/mol. The zero-order valence-corrected chi connectivity index (χ0v) is 13.7. The van der Waals surface area contributed by atoms with Crippen LogP contribution in [-0.4, -0.2) is 55.9 Å². The molecule has 0 aromatic heterocycles. The first kappa shape index (κ1) is 19.6. The minimum Gasteiger partial charge on any atom is -0.379 e. The van der Waals surface area contributed by atoms with Gasteiger partial charge in [0.15, 0.2) is 0 Å². The van der Waals surface area contributed by atoms with Crippen LogP contribution in [0, 0.1) is 5.92 Å². The molecule has 0 spiro atoms. The minimum atomic E-state index is -0.396. The molecule has 1 aliphatic rings. The van der Waals surface area contributed by atoms with Crippen LogP contribution in [0.4, 0.5) is 0 Å². The highest BCUT2D eigenvalue weighted by atomic mass is 35.5. The Labute approximate surface area is 128 Å². The number of amides is 1. The lowest BCUT2D eigenvalue weighted by molar-refractivity contribution is -0.145. The summed E-state index contributed by atoms with van der Waals surface area (Å²) in [5.74, 6) is 0.482. The van der Waals surface area contributed by atoms with Gasteiger partial charge in [-0.3, -0.25) is 4.79 Å². The number of hydrogen-bond acceptors (Lipinski definition) is 4. The maximum atomic E-state index is 12.2. The van der Waals surface area contributed by atoms with Crippen molar-refractivity contribution >= 4 is 18.3 Å². The molecule has 2 N–H and O–H groups in total. The summed E-state index contributed by atoms with van der Waals surface area (Å²) in [7, 11) is 0. The van der Waals surface area contributed by atoms with Crippen molar-refractivity contribution in [1.29, 1.82) is 0 Å². The number of nitrogens with zero attached hydrogens (tertiary/aromatic N) is 1. The molecule has 1 fully saturated rings. The third-order valence-corrected chi connectivity index (χ3v) is 3.66. The first-order chi connectivity index (χ1) is 9.06. The number of carbonyl (C=O) groups is 1. The van der Waals surface area contributed by atoms with Gasteiger partial charge in [0.05, 0.1) is 13.2 Å². The summed E-state index contributed by atoms with van der Waals surface area (Å²) < 4.78 is 10.7. The SMILES string of the molecule is CCOCCOC(C)C(=O)N1CCCC(C(C)N)C1.Cl. The third kappa shape index (κ3) is 6.39. The van der Waals surface area contributed by atoms with Gasteiger partial charge in [-0.15, -0.1) is 12.4 Å². The van der Waals surface area contributed by atoms with E-state index in [9.17, 15) is 4.79 Å². The van der Waals surface area contributed by atoms with Gasteiger partial charge in [-0.2, -0.15) is 0 Å². The van der Waals surface area contributed by atoms with E-state index in [1.165, 1.54) is 0 Å². The van der Waals surface area contributed by atoms with Gasteiger partial charge in [0, 0.05) is 25.7 Å². The molecular formula is C14H29ClN2O3. The highest BCUT2D eigenvalue weighted by Gasteiger charge is 2.28. The maximum absolute atomic E-state index is 12.2. The Bertz CT molecular complexity index is 277. The molecule has 1 amide bonds. The number of nitrogens with two attached hydrogens (primary N) is 1. The van der Waals surface area contributed by atoms with Crippen molar-refractivity contribution in [3.8, 4) is 0 Å². The van der Waals surface area contributed by atoms with Crippen LogP contribution in [0.15, 0.2) is 0 Å². The van der Waals surface area contributed by atoms with Crippen molar-refractivity contribution in [3.63, 3.8) is 0 Å². The fraction of sp³-hybridized carbons (Fsp3) is 0.929. The summed E-state index contributed by atoms with van der Waals surface area (Å²) in [6.45, 7) is 9.02. The quantitative estimate of drug-likeness (QED) is 0.723. The van der Waals surface area contributed by atoms with Gasteiger partial charge < -0.3 is 20.1 Å². The smallest absolute Gasteiger partial charge is 0.251 e. The van der Waals surface area contributed by atoms with Gasteiger partial charge in [0.1, 0.15) is 6.10 Å². The van der Waals surface area contributed by atoms with Crippen LogP contribution in [0.3, 0.4) is 0 Å². The van der Waals surface area contributed by atoms with Gasteiger partial charge in [-0.1, -0.05) is 0 Å². The van der Waals surface area contributed by atoms with Crippen LogP contribution in [0.5, 0.6) is 0 Å². The van der Waals surface area contributed by atoms with Crippen molar-refractivity contribution in [2.24, 2.45) is 11.7 Å². The molecule has 0 bridgehead atoms. The Morgan fingerprint density at radius 3 is 2.70 bits per heavy atom. The highest BCUT2D eigenvalue weighted by molar-refractivity contribution is 5.85. The van der Waals surface area contributed by atoms with E-state index in [1.54, 1.807) is 0 Å². The standard InChI is InChI=1S/C14H28N2O3.ClH/c1-4-18-8-9-19-12(3)14(17)16-7-5-6-13(10-16)11(2)15;/h11-13H,4-10,15H2,1-3H3;1H. The normalized spacial score (nSPS) is 22.0. The summed E-state index contributed by atoms with van der Waals surface area (Å²) in [5.41, 5.74) is 5.93. The molecule has 1 rings (SSSR count). The van der Waals surface area contributed by atoms with E-state index in [-0.39, 0.29) is 24.4 Å². The molecule has 6 heteroatoms. The first-order valence-corrected chi connectivity index (χ1v) is 7.30. The molecule has 20 heavy (non-hydrogen) atoms. The van der Waals surface area contributed by atoms with Crippen LogP contribution >= 0.6 is 12.4 Å².